The molecule has 0 radical (unpaired) electrons. The molecule has 1 atom stereocenters. The standard InChI is InChI=1S/C19H24N2O/c1-19(2,3)17(20)18(22)21-16(14-10-6-4-7-11-14)15-12-8-5-9-13-15/h4-13,16-17H,20H2,1-3H3,(H,21,22)/t17-/m1/s1. The van der Waals surface area contributed by atoms with Crippen LogP contribution in [0.4, 0.5) is 0 Å². The largest absolute Gasteiger partial charge is 0.344 e. The van der Waals surface area contributed by atoms with Crippen LogP contribution in [-0.4, -0.2) is 11.9 Å². The van der Waals surface area contributed by atoms with Gasteiger partial charge in [0.15, 0.2) is 0 Å². The molecule has 22 heavy (non-hydrogen) atoms. The third-order valence-electron chi connectivity index (χ3n) is 3.77. The first-order valence-electron chi connectivity index (χ1n) is 7.55. The van der Waals surface area contributed by atoms with Crippen molar-refractivity contribution in [3.8, 4) is 0 Å². The number of benzene rings is 2. The van der Waals surface area contributed by atoms with Crippen molar-refractivity contribution >= 4 is 5.91 Å². The quantitative estimate of drug-likeness (QED) is 0.910. The zero-order valence-electron chi connectivity index (χ0n) is 13.4. The highest BCUT2D eigenvalue weighted by Crippen LogP contribution is 2.23. The van der Waals surface area contributed by atoms with Gasteiger partial charge in [-0.1, -0.05) is 81.4 Å². The maximum absolute atomic E-state index is 12.5. The van der Waals surface area contributed by atoms with Crippen LogP contribution < -0.4 is 11.1 Å². The number of amides is 1. The summed E-state index contributed by atoms with van der Waals surface area (Å²) in [6.45, 7) is 5.91. The summed E-state index contributed by atoms with van der Waals surface area (Å²) < 4.78 is 0. The molecular weight excluding hydrogens is 272 g/mol. The Balaban J connectivity index is 2.29. The molecule has 3 N–H and O–H groups in total. The Labute approximate surface area is 132 Å². The zero-order chi connectivity index (χ0) is 16.2. The number of carbonyl (C=O) groups excluding carboxylic acids is 1. The third-order valence-corrected chi connectivity index (χ3v) is 3.77. The van der Waals surface area contributed by atoms with E-state index in [2.05, 4.69) is 5.32 Å². The van der Waals surface area contributed by atoms with E-state index in [1.165, 1.54) is 0 Å². The fourth-order valence-electron chi connectivity index (χ4n) is 2.28. The molecule has 2 aromatic carbocycles. The van der Waals surface area contributed by atoms with Gasteiger partial charge >= 0.3 is 0 Å². The van der Waals surface area contributed by atoms with E-state index in [9.17, 15) is 4.79 Å². The lowest BCUT2D eigenvalue weighted by Crippen LogP contribution is -2.49. The second kappa shape index (κ2) is 6.75. The van der Waals surface area contributed by atoms with E-state index >= 15 is 0 Å². The monoisotopic (exact) mass is 296 g/mol. The number of hydrogen-bond donors (Lipinski definition) is 2. The van der Waals surface area contributed by atoms with Gasteiger partial charge in [0.25, 0.3) is 0 Å². The summed E-state index contributed by atoms with van der Waals surface area (Å²) in [4.78, 5) is 12.5. The van der Waals surface area contributed by atoms with Crippen molar-refractivity contribution in [3.63, 3.8) is 0 Å². The molecule has 0 spiro atoms. The first-order chi connectivity index (χ1) is 10.4. The molecular formula is C19H24N2O. The molecule has 3 heteroatoms. The van der Waals surface area contributed by atoms with Crippen LogP contribution >= 0.6 is 0 Å². The van der Waals surface area contributed by atoms with Gasteiger partial charge in [-0.3, -0.25) is 4.79 Å². The van der Waals surface area contributed by atoms with Crippen molar-refractivity contribution in [2.75, 3.05) is 0 Å². The Morgan fingerprint density at radius 2 is 1.32 bits per heavy atom. The molecule has 0 aliphatic heterocycles. The highest BCUT2D eigenvalue weighted by Gasteiger charge is 2.29. The molecule has 0 saturated carbocycles. The Bertz CT molecular complexity index is 563. The van der Waals surface area contributed by atoms with E-state index in [4.69, 9.17) is 5.73 Å². The summed E-state index contributed by atoms with van der Waals surface area (Å²) in [5.74, 6) is -0.134. The van der Waals surface area contributed by atoms with Gasteiger partial charge in [-0.05, 0) is 16.5 Å². The van der Waals surface area contributed by atoms with E-state index in [1.807, 2.05) is 81.4 Å². The van der Waals surface area contributed by atoms with Crippen molar-refractivity contribution in [2.45, 2.75) is 32.9 Å². The molecule has 0 bridgehead atoms. The molecule has 3 nitrogen and oxygen atoms in total. The summed E-state index contributed by atoms with van der Waals surface area (Å²) in [7, 11) is 0. The lowest BCUT2D eigenvalue weighted by Gasteiger charge is -2.28. The molecule has 116 valence electrons. The Kier molecular flexibility index (Phi) is 4.99. The Morgan fingerprint density at radius 1 is 0.909 bits per heavy atom. The predicted octanol–water partition coefficient (Wildman–Crippen LogP) is 3.27. The van der Waals surface area contributed by atoms with Gasteiger partial charge < -0.3 is 11.1 Å². The van der Waals surface area contributed by atoms with Gasteiger partial charge in [-0.25, -0.2) is 0 Å². The van der Waals surface area contributed by atoms with Crippen LogP contribution in [0.25, 0.3) is 0 Å². The van der Waals surface area contributed by atoms with Crippen molar-refractivity contribution in [1.29, 1.82) is 0 Å². The summed E-state index contributed by atoms with van der Waals surface area (Å²) in [5.41, 5.74) is 7.90. The molecule has 0 heterocycles. The molecule has 2 rings (SSSR count). The molecule has 2 aromatic rings. The summed E-state index contributed by atoms with van der Waals surface area (Å²) in [6, 6.07) is 19.1. The first-order valence-corrected chi connectivity index (χ1v) is 7.55. The Hall–Kier alpha value is -2.13. The maximum atomic E-state index is 12.5. The summed E-state index contributed by atoms with van der Waals surface area (Å²) >= 11 is 0. The van der Waals surface area contributed by atoms with Crippen LogP contribution in [0.3, 0.4) is 0 Å². The molecule has 0 aromatic heterocycles. The van der Waals surface area contributed by atoms with Gasteiger partial charge in [-0.2, -0.15) is 0 Å². The average molecular weight is 296 g/mol. The van der Waals surface area contributed by atoms with Gasteiger partial charge in [-0.15, -0.1) is 0 Å². The van der Waals surface area contributed by atoms with Gasteiger partial charge in [0, 0.05) is 0 Å². The smallest absolute Gasteiger partial charge is 0.238 e. The maximum Gasteiger partial charge on any atom is 0.238 e. The lowest BCUT2D eigenvalue weighted by molar-refractivity contribution is -0.125. The van der Waals surface area contributed by atoms with E-state index in [1.54, 1.807) is 0 Å². The van der Waals surface area contributed by atoms with Crippen LogP contribution in [0.5, 0.6) is 0 Å². The first kappa shape index (κ1) is 16.2. The molecule has 1 amide bonds. The second-order valence-electron chi connectivity index (χ2n) is 6.61. The van der Waals surface area contributed by atoms with E-state index in [-0.39, 0.29) is 17.4 Å². The van der Waals surface area contributed by atoms with Crippen molar-refractivity contribution in [3.05, 3.63) is 71.8 Å². The summed E-state index contributed by atoms with van der Waals surface area (Å²) in [5, 5.41) is 3.09. The highest BCUT2D eigenvalue weighted by molar-refractivity contribution is 5.83. The molecule has 0 saturated heterocycles. The molecule has 0 aliphatic carbocycles. The van der Waals surface area contributed by atoms with Gasteiger partial charge in [0.1, 0.15) is 0 Å². The SMILES string of the molecule is CC(C)(C)[C@H](N)C(=O)NC(c1ccccc1)c1ccccc1. The average Bonchev–Trinajstić information content (AvgIpc) is 2.52. The lowest BCUT2D eigenvalue weighted by atomic mass is 9.86. The zero-order valence-corrected chi connectivity index (χ0v) is 13.4. The molecule has 0 fully saturated rings. The highest BCUT2D eigenvalue weighted by atomic mass is 16.2. The van der Waals surface area contributed by atoms with E-state index < -0.39 is 6.04 Å². The molecule has 0 unspecified atom stereocenters. The van der Waals surface area contributed by atoms with Crippen LogP contribution in [-0.2, 0) is 4.79 Å². The van der Waals surface area contributed by atoms with Crippen LogP contribution in [0.1, 0.15) is 37.9 Å². The summed E-state index contributed by atoms with van der Waals surface area (Å²) in [6.07, 6.45) is 0. The van der Waals surface area contributed by atoms with Crippen molar-refractivity contribution in [1.82, 2.24) is 5.32 Å². The van der Waals surface area contributed by atoms with Gasteiger partial charge in [0.2, 0.25) is 5.91 Å². The minimum absolute atomic E-state index is 0.134. The minimum Gasteiger partial charge on any atom is -0.344 e. The van der Waals surface area contributed by atoms with Crippen molar-refractivity contribution < 1.29 is 4.79 Å². The van der Waals surface area contributed by atoms with Crippen molar-refractivity contribution in [2.24, 2.45) is 11.1 Å². The van der Waals surface area contributed by atoms with E-state index in [0.29, 0.717) is 0 Å². The fourth-order valence-corrected chi connectivity index (χ4v) is 2.28. The number of hydrogen-bond acceptors (Lipinski definition) is 2. The number of rotatable bonds is 4. The van der Waals surface area contributed by atoms with Gasteiger partial charge in [0.05, 0.1) is 12.1 Å². The third kappa shape index (κ3) is 3.95. The molecule has 0 aliphatic rings. The Morgan fingerprint density at radius 3 is 1.68 bits per heavy atom. The predicted molar refractivity (Wildman–Crippen MR) is 90.3 cm³/mol. The van der Waals surface area contributed by atoms with Crippen LogP contribution in [0.15, 0.2) is 60.7 Å². The van der Waals surface area contributed by atoms with E-state index in [0.717, 1.165) is 11.1 Å². The fraction of sp³-hybridized carbons (Fsp3) is 0.316. The van der Waals surface area contributed by atoms with Crippen LogP contribution in [0.2, 0.25) is 0 Å². The number of nitrogens with one attached hydrogen (secondary N) is 1. The van der Waals surface area contributed by atoms with Crippen LogP contribution in [0, 0.1) is 5.41 Å². The topological polar surface area (TPSA) is 55.1 Å². The second-order valence-corrected chi connectivity index (χ2v) is 6.61. The normalized spacial score (nSPS) is 13.0. The minimum atomic E-state index is -0.553. The number of carbonyl (C=O) groups is 1. The number of nitrogens with two attached hydrogens (primary N) is 1.